The van der Waals surface area contributed by atoms with Gasteiger partial charge in [-0.05, 0) is 44.5 Å². The number of methoxy groups -OCH3 is 1. The van der Waals surface area contributed by atoms with Crippen molar-refractivity contribution in [3.05, 3.63) is 29.3 Å². The van der Waals surface area contributed by atoms with Gasteiger partial charge in [0.15, 0.2) is 0 Å². The number of aliphatic carboxylic acids is 1. The number of rotatable bonds is 8. The largest absolute Gasteiger partial charge is 0.496 e. The zero-order valence-electron chi connectivity index (χ0n) is 11.0. The lowest BCUT2D eigenvalue weighted by Crippen LogP contribution is -2.19. The summed E-state index contributed by atoms with van der Waals surface area (Å²) in [5, 5.41) is 11.7. The second-order valence-corrected chi connectivity index (χ2v) is 4.31. The summed E-state index contributed by atoms with van der Waals surface area (Å²) in [5.41, 5.74) is 2.40. The van der Waals surface area contributed by atoms with Crippen molar-refractivity contribution in [2.75, 3.05) is 20.2 Å². The molecule has 1 aromatic carbocycles. The van der Waals surface area contributed by atoms with Gasteiger partial charge in [0.05, 0.1) is 7.11 Å². The van der Waals surface area contributed by atoms with E-state index in [1.54, 1.807) is 7.11 Å². The van der Waals surface area contributed by atoms with Crippen LogP contribution in [0.25, 0.3) is 0 Å². The zero-order valence-corrected chi connectivity index (χ0v) is 11.0. The highest BCUT2D eigenvalue weighted by molar-refractivity contribution is 5.66. The first-order valence-corrected chi connectivity index (χ1v) is 6.19. The van der Waals surface area contributed by atoms with Crippen molar-refractivity contribution in [1.82, 2.24) is 5.32 Å². The molecule has 0 amide bonds. The molecule has 0 fully saturated rings. The molecule has 0 radical (unpaired) electrons. The molecule has 0 aliphatic rings. The van der Waals surface area contributed by atoms with Crippen molar-refractivity contribution in [3.8, 4) is 5.75 Å². The zero-order chi connectivity index (χ0) is 13.4. The first-order chi connectivity index (χ1) is 8.63. The Kier molecular flexibility index (Phi) is 6.22. The average Bonchev–Trinajstić information content (AvgIpc) is 2.33. The molecule has 1 rings (SSSR count). The molecule has 0 aromatic heterocycles. The van der Waals surface area contributed by atoms with Gasteiger partial charge in [0.1, 0.15) is 5.75 Å². The Morgan fingerprint density at radius 2 is 2.17 bits per heavy atom. The smallest absolute Gasteiger partial charge is 0.303 e. The molecule has 4 nitrogen and oxygen atoms in total. The highest BCUT2D eigenvalue weighted by atomic mass is 16.5. The molecule has 0 aliphatic heterocycles. The third kappa shape index (κ3) is 5.19. The molecule has 0 heterocycles. The Balaban J connectivity index is 2.30. The van der Waals surface area contributed by atoms with Crippen LogP contribution in [0.1, 0.15) is 24.0 Å². The summed E-state index contributed by atoms with van der Waals surface area (Å²) in [7, 11) is 1.68. The van der Waals surface area contributed by atoms with Gasteiger partial charge < -0.3 is 15.2 Å². The third-order valence-corrected chi connectivity index (χ3v) is 2.75. The fourth-order valence-corrected chi connectivity index (χ4v) is 1.82. The van der Waals surface area contributed by atoms with Gasteiger partial charge in [0.2, 0.25) is 0 Å². The highest BCUT2D eigenvalue weighted by Crippen LogP contribution is 2.19. The molecular weight excluding hydrogens is 230 g/mol. The van der Waals surface area contributed by atoms with Gasteiger partial charge in [-0.15, -0.1) is 0 Å². The molecule has 1 aromatic rings. The standard InChI is InChI=1S/C14H21NO3/c1-11-5-6-13(18-2)12(10-11)7-9-15-8-3-4-14(16)17/h5-6,10,15H,3-4,7-9H2,1-2H3,(H,16,17). The maximum Gasteiger partial charge on any atom is 0.303 e. The molecule has 0 saturated carbocycles. The highest BCUT2D eigenvalue weighted by Gasteiger charge is 2.02. The van der Waals surface area contributed by atoms with E-state index >= 15 is 0 Å². The molecule has 18 heavy (non-hydrogen) atoms. The lowest BCUT2D eigenvalue weighted by molar-refractivity contribution is -0.137. The lowest BCUT2D eigenvalue weighted by Gasteiger charge is -2.10. The van der Waals surface area contributed by atoms with Crippen molar-refractivity contribution >= 4 is 5.97 Å². The Hall–Kier alpha value is -1.55. The topological polar surface area (TPSA) is 58.6 Å². The van der Waals surface area contributed by atoms with Crippen LogP contribution in [-0.2, 0) is 11.2 Å². The summed E-state index contributed by atoms with van der Waals surface area (Å²) < 4.78 is 5.30. The van der Waals surface area contributed by atoms with Crippen molar-refractivity contribution in [3.63, 3.8) is 0 Å². The van der Waals surface area contributed by atoms with Crippen LogP contribution in [0.2, 0.25) is 0 Å². The van der Waals surface area contributed by atoms with Crippen LogP contribution >= 0.6 is 0 Å². The maximum atomic E-state index is 10.3. The van der Waals surface area contributed by atoms with Gasteiger partial charge in [-0.25, -0.2) is 0 Å². The number of hydrogen-bond acceptors (Lipinski definition) is 3. The number of ether oxygens (including phenoxy) is 1. The van der Waals surface area contributed by atoms with Gasteiger partial charge in [0, 0.05) is 6.42 Å². The summed E-state index contributed by atoms with van der Waals surface area (Å²) >= 11 is 0. The van der Waals surface area contributed by atoms with Crippen LogP contribution in [0.15, 0.2) is 18.2 Å². The van der Waals surface area contributed by atoms with Gasteiger partial charge in [0.25, 0.3) is 0 Å². The molecule has 0 aliphatic carbocycles. The molecule has 4 heteroatoms. The van der Waals surface area contributed by atoms with Crippen LogP contribution < -0.4 is 10.1 Å². The minimum Gasteiger partial charge on any atom is -0.496 e. The number of carboxylic acids is 1. The average molecular weight is 251 g/mol. The van der Waals surface area contributed by atoms with Crippen LogP contribution in [0.5, 0.6) is 5.75 Å². The summed E-state index contributed by atoms with van der Waals surface area (Å²) in [4.78, 5) is 10.3. The van der Waals surface area contributed by atoms with Crippen LogP contribution in [-0.4, -0.2) is 31.3 Å². The Bertz CT molecular complexity index is 391. The van der Waals surface area contributed by atoms with E-state index in [0.29, 0.717) is 6.42 Å². The second kappa shape index (κ2) is 7.71. The Morgan fingerprint density at radius 1 is 1.39 bits per heavy atom. The monoisotopic (exact) mass is 251 g/mol. The number of hydrogen-bond donors (Lipinski definition) is 2. The van der Waals surface area contributed by atoms with E-state index in [0.717, 1.165) is 25.3 Å². The predicted molar refractivity (Wildman–Crippen MR) is 71.2 cm³/mol. The van der Waals surface area contributed by atoms with Crippen molar-refractivity contribution < 1.29 is 14.6 Å². The summed E-state index contributed by atoms with van der Waals surface area (Å²) in [5.74, 6) is 0.171. The summed E-state index contributed by atoms with van der Waals surface area (Å²) in [6, 6.07) is 6.13. The van der Waals surface area contributed by atoms with Gasteiger partial charge in [-0.3, -0.25) is 4.79 Å². The first-order valence-electron chi connectivity index (χ1n) is 6.19. The minimum atomic E-state index is -0.739. The van der Waals surface area contributed by atoms with Crippen LogP contribution in [0.3, 0.4) is 0 Å². The molecule has 0 saturated heterocycles. The molecule has 100 valence electrons. The van der Waals surface area contributed by atoms with Gasteiger partial charge in [-0.2, -0.15) is 0 Å². The van der Waals surface area contributed by atoms with Crippen LogP contribution in [0, 0.1) is 6.92 Å². The van der Waals surface area contributed by atoms with E-state index in [2.05, 4.69) is 18.3 Å². The van der Waals surface area contributed by atoms with E-state index in [9.17, 15) is 4.79 Å². The van der Waals surface area contributed by atoms with E-state index in [1.165, 1.54) is 11.1 Å². The number of benzene rings is 1. The summed E-state index contributed by atoms with van der Waals surface area (Å²) in [6.07, 6.45) is 1.78. The normalized spacial score (nSPS) is 10.3. The van der Waals surface area contributed by atoms with E-state index < -0.39 is 5.97 Å². The van der Waals surface area contributed by atoms with Crippen molar-refractivity contribution in [1.29, 1.82) is 0 Å². The van der Waals surface area contributed by atoms with Gasteiger partial charge >= 0.3 is 5.97 Å². The third-order valence-electron chi connectivity index (χ3n) is 2.75. The fourth-order valence-electron chi connectivity index (χ4n) is 1.82. The molecular formula is C14H21NO3. The van der Waals surface area contributed by atoms with Crippen LogP contribution in [0.4, 0.5) is 0 Å². The van der Waals surface area contributed by atoms with E-state index in [-0.39, 0.29) is 6.42 Å². The Morgan fingerprint density at radius 3 is 2.83 bits per heavy atom. The molecule has 2 N–H and O–H groups in total. The molecule has 0 spiro atoms. The number of carboxylic acid groups (broad SMARTS) is 1. The fraction of sp³-hybridized carbons (Fsp3) is 0.500. The number of carbonyl (C=O) groups is 1. The van der Waals surface area contributed by atoms with Crippen molar-refractivity contribution in [2.45, 2.75) is 26.2 Å². The molecule has 0 bridgehead atoms. The van der Waals surface area contributed by atoms with E-state index in [1.807, 2.05) is 12.1 Å². The second-order valence-electron chi connectivity index (χ2n) is 4.31. The SMILES string of the molecule is COc1ccc(C)cc1CCNCCCC(=O)O. The number of aryl methyl sites for hydroxylation is 1. The first kappa shape index (κ1) is 14.5. The van der Waals surface area contributed by atoms with E-state index in [4.69, 9.17) is 9.84 Å². The lowest BCUT2D eigenvalue weighted by atomic mass is 10.1. The minimum absolute atomic E-state index is 0.223. The quantitative estimate of drug-likeness (QED) is 0.694. The predicted octanol–water partition coefficient (Wildman–Crippen LogP) is 2.00. The summed E-state index contributed by atoms with van der Waals surface area (Å²) in [6.45, 7) is 3.63. The molecule has 0 unspecified atom stereocenters. The maximum absolute atomic E-state index is 10.3. The van der Waals surface area contributed by atoms with Crippen molar-refractivity contribution in [2.24, 2.45) is 0 Å². The Labute approximate surface area is 108 Å². The van der Waals surface area contributed by atoms with Gasteiger partial charge in [-0.1, -0.05) is 17.7 Å². The number of nitrogens with one attached hydrogen (secondary N) is 1. The molecule has 0 atom stereocenters.